The summed E-state index contributed by atoms with van der Waals surface area (Å²) in [5, 5.41) is 4.97. The van der Waals surface area contributed by atoms with E-state index < -0.39 is 11.6 Å². The van der Waals surface area contributed by atoms with E-state index >= 15 is 0 Å². The molecular formula is C16H20N4O3. The summed E-state index contributed by atoms with van der Waals surface area (Å²) in [5.41, 5.74) is 0.748. The maximum atomic E-state index is 12.6. The highest BCUT2D eigenvalue weighted by Gasteiger charge is 2.48. The fourth-order valence-corrected chi connectivity index (χ4v) is 3.07. The SMILES string of the molecule is CN(C)c1cccc(C(=O)N2CCC3(CC2)NC(=O)NC3=O)c1. The fraction of sp³-hybridized carbons (Fsp3) is 0.438. The van der Waals surface area contributed by atoms with Crippen LogP contribution in [0.5, 0.6) is 0 Å². The first kappa shape index (κ1) is 15.3. The van der Waals surface area contributed by atoms with E-state index in [1.54, 1.807) is 11.0 Å². The quantitative estimate of drug-likeness (QED) is 0.782. The van der Waals surface area contributed by atoms with Gasteiger partial charge in [-0.25, -0.2) is 4.79 Å². The first-order chi connectivity index (χ1) is 10.9. The Balaban J connectivity index is 1.70. The van der Waals surface area contributed by atoms with E-state index in [1.807, 2.05) is 37.2 Å². The molecule has 0 aromatic heterocycles. The molecule has 0 radical (unpaired) electrons. The minimum Gasteiger partial charge on any atom is -0.378 e. The Hall–Kier alpha value is -2.57. The molecule has 0 aliphatic carbocycles. The topological polar surface area (TPSA) is 81.8 Å². The number of nitrogens with one attached hydrogen (secondary N) is 2. The summed E-state index contributed by atoms with van der Waals surface area (Å²) in [6.07, 6.45) is 0.868. The van der Waals surface area contributed by atoms with Crippen molar-refractivity contribution in [2.24, 2.45) is 0 Å². The van der Waals surface area contributed by atoms with Gasteiger partial charge in [0.2, 0.25) is 0 Å². The van der Waals surface area contributed by atoms with E-state index in [9.17, 15) is 14.4 Å². The maximum Gasteiger partial charge on any atom is 0.322 e. The number of urea groups is 1. The lowest BCUT2D eigenvalue weighted by molar-refractivity contribution is -0.125. The average Bonchev–Trinajstić information content (AvgIpc) is 2.81. The highest BCUT2D eigenvalue weighted by molar-refractivity contribution is 6.07. The van der Waals surface area contributed by atoms with E-state index in [2.05, 4.69) is 10.6 Å². The van der Waals surface area contributed by atoms with Gasteiger partial charge >= 0.3 is 6.03 Å². The Morgan fingerprint density at radius 3 is 2.48 bits per heavy atom. The van der Waals surface area contributed by atoms with E-state index in [4.69, 9.17) is 0 Å². The van der Waals surface area contributed by atoms with Crippen molar-refractivity contribution in [2.45, 2.75) is 18.4 Å². The lowest BCUT2D eigenvalue weighted by Crippen LogP contribution is -2.55. The molecule has 1 spiro atoms. The van der Waals surface area contributed by atoms with E-state index in [0.717, 1.165) is 5.69 Å². The minimum absolute atomic E-state index is 0.0479. The number of hydrogen-bond donors (Lipinski definition) is 2. The van der Waals surface area contributed by atoms with Crippen LogP contribution in [0.1, 0.15) is 23.2 Å². The van der Waals surface area contributed by atoms with Crippen LogP contribution in [0.2, 0.25) is 0 Å². The van der Waals surface area contributed by atoms with E-state index in [0.29, 0.717) is 31.5 Å². The van der Waals surface area contributed by atoms with Gasteiger partial charge in [-0.05, 0) is 31.0 Å². The van der Waals surface area contributed by atoms with Gasteiger partial charge in [0.05, 0.1) is 0 Å². The van der Waals surface area contributed by atoms with Crippen LogP contribution in [0.25, 0.3) is 0 Å². The summed E-state index contributed by atoms with van der Waals surface area (Å²) in [6.45, 7) is 0.886. The molecule has 122 valence electrons. The van der Waals surface area contributed by atoms with Gasteiger partial charge in [-0.1, -0.05) is 6.07 Å². The summed E-state index contributed by atoms with van der Waals surface area (Å²) in [6, 6.07) is 7.01. The third-order valence-corrected chi connectivity index (χ3v) is 4.53. The Morgan fingerprint density at radius 1 is 1.22 bits per heavy atom. The zero-order valence-electron chi connectivity index (χ0n) is 13.3. The molecule has 2 saturated heterocycles. The zero-order valence-corrected chi connectivity index (χ0v) is 13.3. The zero-order chi connectivity index (χ0) is 16.6. The Labute approximate surface area is 134 Å². The minimum atomic E-state index is -0.848. The summed E-state index contributed by atoms with van der Waals surface area (Å²) in [5.74, 6) is -0.336. The number of imide groups is 1. The second kappa shape index (κ2) is 5.57. The van der Waals surface area contributed by atoms with Gasteiger partial charge in [-0.3, -0.25) is 14.9 Å². The number of piperidine rings is 1. The normalized spacial score (nSPS) is 19.5. The van der Waals surface area contributed by atoms with Crippen molar-refractivity contribution in [3.8, 4) is 0 Å². The molecule has 7 nitrogen and oxygen atoms in total. The molecule has 2 heterocycles. The third kappa shape index (κ3) is 2.74. The lowest BCUT2D eigenvalue weighted by Gasteiger charge is -2.37. The standard InChI is InChI=1S/C16H20N4O3/c1-19(2)12-5-3-4-11(10-12)13(21)20-8-6-16(7-9-20)14(22)17-15(23)18-16/h3-5,10H,6-9H2,1-2H3,(H2,17,18,22,23). The van der Waals surface area contributed by atoms with Gasteiger partial charge in [0.25, 0.3) is 11.8 Å². The second-order valence-electron chi connectivity index (χ2n) is 6.23. The number of hydrogen-bond acceptors (Lipinski definition) is 4. The number of amides is 4. The van der Waals surface area contributed by atoms with Crippen LogP contribution in [0.3, 0.4) is 0 Å². The Bertz CT molecular complexity index is 663. The van der Waals surface area contributed by atoms with Crippen LogP contribution in [-0.2, 0) is 4.79 Å². The number of anilines is 1. The van der Waals surface area contributed by atoms with Gasteiger partial charge in [0, 0.05) is 38.4 Å². The van der Waals surface area contributed by atoms with Crippen LogP contribution < -0.4 is 15.5 Å². The molecule has 4 amide bonds. The number of rotatable bonds is 2. The summed E-state index contributed by atoms with van der Waals surface area (Å²) >= 11 is 0. The van der Waals surface area contributed by atoms with Gasteiger partial charge in [-0.15, -0.1) is 0 Å². The number of carbonyl (C=O) groups is 3. The molecule has 2 N–H and O–H groups in total. The molecule has 0 unspecified atom stereocenters. The number of benzene rings is 1. The smallest absolute Gasteiger partial charge is 0.322 e. The van der Waals surface area contributed by atoms with Crippen molar-refractivity contribution < 1.29 is 14.4 Å². The fourth-order valence-electron chi connectivity index (χ4n) is 3.07. The molecule has 1 aromatic rings. The van der Waals surface area contributed by atoms with Gasteiger partial charge in [-0.2, -0.15) is 0 Å². The van der Waals surface area contributed by atoms with Gasteiger partial charge < -0.3 is 15.1 Å². The first-order valence-corrected chi connectivity index (χ1v) is 7.61. The van der Waals surface area contributed by atoms with Gasteiger partial charge in [0.1, 0.15) is 5.54 Å². The van der Waals surface area contributed by atoms with Crippen molar-refractivity contribution in [3.63, 3.8) is 0 Å². The number of carbonyl (C=O) groups excluding carboxylic acids is 3. The Morgan fingerprint density at radius 2 is 1.91 bits per heavy atom. The third-order valence-electron chi connectivity index (χ3n) is 4.53. The highest BCUT2D eigenvalue weighted by Crippen LogP contribution is 2.26. The van der Waals surface area contributed by atoms with Crippen LogP contribution in [0.15, 0.2) is 24.3 Å². The second-order valence-corrected chi connectivity index (χ2v) is 6.23. The number of likely N-dealkylation sites (tertiary alicyclic amines) is 1. The molecular weight excluding hydrogens is 296 g/mol. The lowest BCUT2D eigenvalue weighted by atomic mass is 9.87. The molecule has 0 atom stereocenters. The molecule has 2 aliphatic heterocycles. The van der Waals surface area contributed by atoms with Crippen molar-refractivity contribution in [2.75, 3.05) is 32.1 Å². The molecule has 2 aliphatic rings. The van der Waals surface area contributed by atoms with Gasteiger partial charge in [0.15, 0.2) is 0 Å². The molecule has 0 saturated carbocycles. The van der Waals surface area contributed by atoms with Crippen molar-refractivity contribution >= 4 is 23.5 Å². The van der Waals surface area contributed by atoms with E-state index in [-0.39, 0.29) is 11.8 Å². The first-order valence-electron chi connectivity index (χ1n) is 7.61. The highest BCUT2D eigenvalue weighted by atomic mass is 16.2. The molecule has 3 rings (SSSR count). The molecule has 1 aromatic carbocycles. The predicted octanol–water partition coefficient (Wildman–Crippen LogP) is 0.567. The van der Waals surface area contributed by atoms with Crippen molar-refractivity contribution in [3.05, 3.63) is 29.8 Å². The molecule has 23 heavy (non-hydrogen) atoms. The predicted molar refractivity (Wildman–Crippen MR) is 85.3 cm³/mol. The number of nitrogens with zero attached hydrogens (tertiary/aromatic N) is 2. The molecule has 2 fully saturated rings. The molecule has 0 bridgehead atoms. The monoisotopic (exact) mass is 316 g/mol. The summed E-state index contributed by atoms with van der Waals surface area (Å²) in [7, 11) is 3.85. The van der Waals surface area contributed by atoms with Crippen molar-refractivity contribution in [1.29, 1.82) is 0 Å². The van der Waals surface area contributed by atoms with Crippen LogP contribution in [0, 0.1) is 0 Å². The largest absolute Gasteiger partial charge is 0.378 e. The average molecular weight is 316 g/mol. The van der Waals surface area contributed by atoms with E-state index in [1.165, 1.54) is 0 Å². The maximum absolute atomic E-state index is 12.6. The summed E-state index contributed by atoms with van der Waals surface area (Å²) < 4.78 is 0. The van der Waals surface area contributed by atoms with Crippen LogP contribution in [0.4, 0.5) is 10.5 Å². The summed E-state index contributed by atoms with van der Waals surface area (Å²) in [4.78, 5) is 39.6. The van der Waals surface area contributed by atoms with Crippen molar-refractivity contribution in [1.82, 2.24) is 15.5 Å². The van der Waals surface area contributed by atoms with Crippen LogP contribution in [-0.4, -0.2) is 55.5 Å². The Kier molecular flexibility index (Phi) is 3.71. The molecule has 7 heteroatoms. The van der Waals surface area contributed by atoms with Crippen LogP contribution >= 0.6 is 0 Å².